The fraction of sp³-hybridized carbons (Fsp3) is 0. The van der Waals surface area contributed by atoms with Crippen LogP contribution in [0.5, 0.6) is 0 Å². The molecule has 0 aliphatic heterocycles. The first-order valence-electron chi connectivity index (χ1n) is 25.4. The third-order valence-corrected chi connectivity index (χ3v) is 14.9. The van der Waals surface area contributed by atoms with E-state index in [2.05, 4.69) is 290 Å². The zero-order valence-electron chi connectivity index (χ0n) is 40.5. The molecule has 0 amide bonds. The fourth-order valence-corrected chi connectivity index (χ4v) is 11.4. The Bertz CT molecular complexity index is 4410. The van der Waals surface area contributed by atoms with E-state index in [0.717, 1.165) is 61.3 Å². The molecule has 0 spiro atoms. The Morgan fingerprint density at radius 1 is 0.243 bits per heavy atom. The van der Waals surface area contributed by atoms with E-state index in [-0.39, 0.29) is 0 Å². The summed E-state index contributed by atoms with van der Waals surface area (Å²) in [6.45, 7) is 0. The number of nitrogens with zero attached hydrogens (tertiary/aromatic N) is 1. The number of fused-ring (bicyclic) bond motifs is 6. The van der Waals surface area contributed by atoms with Gasteiger partial charge in [-0.25, -0.2) is 0 Å². The van der Waals surface area contributed by atoms with Crippen LogP contribution in [0.2, 0.25) is 0 Å². The van der Waals surface area contributed by atoms with Crippen LogP contribution in [0.1, 0.15) is 0 Å². The van der Waals surface area contributed by atoms with Gasteiger partial charge in [0, 0.05) is 22.3 Å². The van der Waals surface area contributed by atoms with Gasteiger partial charge in [-0.3, -0.25) is 0 Å². The lowest BCUT2D eigenvalue weighted by molar-refractivity contribution is 0.670. The van der Waals surface area contributed by atoms with E-state index in [1.807, 2.05) is 0 Å². The van der Waals surface area contributed by atoms with Crippen molar-refractivity contribution in [2.24, 2.45) is 0 Å². The maximum Gasteiger partial charge on any atom is 0.145 e. The highest BCUT2D eigenvalue weighted by atomic mass is 16.3. The van der Waals surface area contributed by atoms with Crippen molar-refractivity contribution in [1.29, 1.82) is 0 Å². The molecule has 0 saturated heterocycles. The molecule has 2 nitrogen and oxygen atoms in total. The number of hydrogen-bond acceptors (Lipinski definition) is 2. The first-order chi connectivity index (χ1) is 36.7. The van der Waals surface area contributed by atoms with Crippen LogP contribution in [0.15, 0.2) is 290 Å². The van der Waals surface area contributed by atoms with Crippen molar-refractivity contribution in [2.45, 2.75) is 0 Å². The maximum atomic E-state index is 6.97. The highest BCUT2D eigenvalue weighted by Crippen LogP contribution is 2.48. The zero-order valence-corrected chi connectivity index (χ0v) is 40.5. The molecule has 0 unspecified atom stereocenters. The first-order valence-corrected chi connectivity index (χ1v) is 25.4. The topological polar surface area (TPSA) is 16.4 Å². The Morgan fingerprint density at radius 2 is 0.662 bits per heavy atom. The summed E-state index contributed by atoms with van der Waals surface area (Å²) in [5.41, 5.74) is 19.0. The predicted octanol–water partition coefficient (Wildman–Crippen LogP) is 20.5. The molecule has 0 aliphatic rings. The molecule has 14 rings (SSSR count). The van der Waals surface area contributed by atoms with Crippen LogP contribution in [0.25, 0.3) is 121 Å². The standard InChI is InChI=1S/C72H47NO/c1-4-25-57-49(17-1)20-14-33-61(57)54-24-13-23-53(47-54)48-37-41-55(42-38-48)73(69-46-45-67(64-35-16-22-51-19-3-6-27-59(51)64)72-71(69)68-32-11-12-36-70(68)74-72)56-43-39-52(40-44-56)60-28-7-8-29-62(60)65-30-9-10-31-66(65)63-34-15-21-50-18-2-5-26-58(50)63/h1-47H. The normalized spacial score (nSPS) is 11.5. The maximum absolute atomic E-state index is 6.97. The van der Waals surface area contributed by atoms with Crippen LogP contribution in [-0.2, 0) is 0 Å². The molecule has 2 heteroatoms. The second-order valence-electron chi connectivity index (χ2n) is 19.1. The summed E-state index contributed by atoms with van der Waals surface area (Å²) in [6, 6.07) is 103. The van der Waals surface area contributed by atoms with Gasteiger partial charge in [-0.2, -0.15) is 0 Å². The van der Waals surface area contributed by atoms with Gasteiger partial charge in [-0.05, 0) is 142 Å². The highest BCUT2D eigenvalue weighted by Gasteiger charge is 2.24. The monoisotopic (exact) mass is 941 g/mol. The molecule has 0 saturated carbocycles. The van der Waals surface area contributed by atoms with Crippen molar-refractivity contribution in [2.75, 3.05) is 4.90 Å². The summed E-state index contributed by atoms with van der Waals surface area (Å²) in [4.78, 5) is 2.40. The van der Waals surface area contributed by atoms with Crippen molar-refractivity contribution >= 4 is 71.3 Å². The SMILES string of the molecule is c1cc(-c2ccc(N(c3ccc(-c4ccccc4-c4ccccc4-c4cccc5ccccc45)cc3)c3ccc(-c4cccc5ccccc45)c4oc5ccccc5c34)cc2)cc(-c2cccc3ccccc23)c1. The third-order valence-electron chi connectivity index (χ3n) is 14.9. The number of rotatable bonds is 9. The molecule has 14 aromatic rings. The molecule has 74 heavy (non-hydrogen) atoms. The molecule has 346 valence electrons. The van der Waals surface area contributed by atoms with Gasteiger partial charge in [-0.15, -0.1) is 0 Å². The molecule has 0 N–H and O–H groups in total. The van der Waals surface area contributed by atoms with E-state index in [9.17, 15) is 0 Å². The molecule has 0 fully saturated rings. The van der Waals surface area contributed by atoms with E-state index in [4.69, 9.17) is 4.42 Å². The van der Waals surface area contributed by atoms with E-state index in [1.165, 1.54) is 76.8 Å². The summed E-state index contributed by atoms with van der Waals surface area (Å²) in [7, 11) is 0. The van der Waals surface area contributed by atoms with Crippen molar-refractivity contribution in [3.63, 3.8) is 0 Å². The van der Waals surface area contributed by atoms with Crippen molar-refractivity contribution in [3.8, 4) is 66.8 Å². The summed E-state index contributed by atoms with van der Waals surface area (Å²) < 4.78 is 6.97. The van der Waals surface area contributed by atoms with Crippen LogP contribution in [-0.4, -0.2) is 0 Å². The molecule has 1 aromatic heterocycles. The van der Waals surface area contributed by atoms with Gasteiger partial charge < -0.3 is 9.32 Å². The van der Waals surface area contributed by atoms with E-state index >= 15 is 0 Å². The number of benzene rings is 13. The van der Waals surface area contributed by atoms with Crippen LogP contribution in [0, 0.1) is 0 Å². The minimum atomic E-state index is 0.855. The molecule has 0 bridgehead atoms. The largest absolute Gasteiger partial charge is 0.455 e. The van der Waals surface area contributed by atoms with Crippen molar-refractivity contribution in [1.82, 2.24) is 0 Å². The number of anilines is 3. The Balaban J connectivity index is 0.917. The number of furan rings is 1. The Labute approximate surface area is 430 Å². The fourth-order valence-electron chi connectivity index (χ4n) is 11.4. The Morgan fingerprint density at radius 3 is 1.28 bits per heavy atom. The molecule has 0 radical (unpaired) electrons. The lowest BCUT2D eigenvalue weighted by Crippen LogP contribution is -2.10. The van der Waals surface area contributed by atoms with Gasteiger partial charge in [0.15, 0.2) is 0 Å². The summed E-state index contributed by atoms with van der Waals surface area (Å²) in [5, 5.41) is 9.50. The minimum absolute atomic E-state index is 0.855. The third kappa shape index (κ3) is 7.43. The quantitative estimate of drug-likeness (QED) is 0.143. The molecule has 0 atom stereocenters. The van der Waals surface area contributed by atoms with Crippen molar-refractivity contribution < 1.29 is 4.42 Å². The lowest BCUT2D eigenvalue weighted by atomic mass is 9.88. The van der Waals surface area contributed by atoms with Crippen LogP contribution >= 0.6 is 0 Å². The number of para-hydroxylation sites is 1. The van der Waals surface area contributed by atoms with Gasteiger partial charge >= 0.3 is 0 Å². The van der Waals surface area contributed by atoms with E-state index in [0.29, 0.717) is 0 Å². The second kappa shape index (κ2) is 18.1. The molecule has 1 heterocycles. The molecule has 0 aliphatic carbocycles. The van der Waals surface area contributed by atoms with Crippen LogP contribution < -0.4 is 4.90 Å². The van der Waals surface area contributed by atoms with Gasteiger partial charge in [0.2, 0.25) is 0 Å². The lowest BCUT2D eigenvalue weighted by Gasteiger charge is -2.27. The second-order valence-corrected chi connectivity index (χ2v) is 19.1. The molecule has 13 aromatic carbocycles. The smallest absolute Gasteiger partial charge is 0.145 e. The first kappa shape index (κ1) is 43.1. The Kier molecular flexibility index (Phi) is 10.6. The van der Waals surface area contributed by atoms with Crippen LogP contribution in [0.3, 0.4) is 0 Å². The summed E-state index contributed by atoms with van der Waals surface area (Å²) >= 11 is 0. The van der Waals surface area contributed by atoms with Crippen molar-refractivity contribution in [3.05, 3.63) is 285 Å². The summed E-state index contributed by atoms with van der Waals surface area (Å²) in [5.74, 6) is 0. The minimum Gasteiger partial charge on any atom is -0.455 e. The number of hydrogen-bond donors (Lipinski definition) is 0. The van der Waals surface area contributed by atoms with Gasteiger partial charge in [-0.1, -0.05) is 237 Å². The van der Waals surface area contributed by atoms with Gasteiger partial charge in [0.1, 0.15) is 11.2 Å². The van der Waals surface area contributed by atoms with E-state index in [1.54, 1.807) is 0 Å². The average molecular weight is 942 g/mol. The average Bonchev–Trinajstić information content (AvgIpc) is 3.90. The van der Waals surface area contributed by atoms with Crippen LogP contribution in [0.4, 0.5) is 17.1 Å². The molecular weight excluding hydrogens is 895 g/mol. The predicted molar refractivity (Wildman–Crippen MR) is 314 cm³/mol. The Hall–Kier alpha value is -9.76. The zero-order chi connectivity index (χ0) is 49.0. The van der Waals surface area contributed by atoms with Gasteiger partial charge in [0.25, 0.3) is 0 Å². The molecular formula is C72H47NO. The highest BCUT2D eigenvalue weighted by molar-refractivity contribution is 6.18. The van der Waals surface area contributed by atoms with Gasteiger partial charge in [0.05, 0.1) is 11.1 Å². The summed E-state index contributed by atoms with van der Waals surface area (Å²) in [6.07, 6.45) is 0. The van der Waals surface area contributed by atoms with E-state index < -0.39 is 0 Å².